The van der Waals surface area contributed by atoms with Crippen LogP contribution in [0.5, 0.6) is 0 Å². The van der Waals surface area contributed by atoms with E-state index in [0.717, 1.165) is 19.2 Å². The van der Waals surface area contributed by atoms with Crippen LogP contribution in [0, 0.1) is 5.82 Å². The van der Waals surface area contributed by atoms with Gasteiger partial charge in [0.05, 0.1) is 12.7 Å². The van der Waals surface area contributed by atoms with Crippen molar-refractivity contribution in [1.29, 1.82) is 0 Å². The molecule has 6 heteroatoms. The number of piperidine rings is 1. The van der Waals surface area contributed by atoms with Crippen LogP contribution in [0.15, 0.2) is 18.5 Å². The van der Waals surface area contributed by atoms with Crippen molar-refractivity contribution < 1.29 is 8.78 Å². The number of halogens is 2. The fourth-order valence-corrected chi connectivity index (χ4v) is 2.22. The molecule has 17 heavy (non-hydrogen) atoms. The summed E-state index contributed by atoms with van der Waals surface area (Å²) in [5, 5.41) is 3.93. The molecule has 90 valence electrons. The van der Waals surface area contributed by atoms with E-state index in [1.807, 2.05) is 4.90 Å². The average Bonchev–Trinajstić information content (AvgIpc) is 2.71. The van der Waals surface area contributed by atoms with Crippen molar-refractivity contribution in [3.8, 4) is 0 Å². The monoisotopic (exact) mass is 238 g/mol. The lowest BCUT2D eigenvalue weighted by Crippen LogP contribution is -2.37. The van der Waals surface area contributed by atoms with Gasteiger partial charge >= 0.3 is 0 Å². The summed E-state index contributed by atoms with van der Waals surface area (Å²) in [6.07, 6.45) is 3.22. The van der Waals surface area contributed by atoms with Gasteiger partial charge in [-0.05, 0) is 18.9 Å². The van der Waals surface area contributed by atoms with Gasteiger partial charge in [0, 0.05) is 12.7 Å². The molecule has 1 aliphatic rings. The van der Waals surface area contributed by atoms with E-state index in [2.05, 4.69) is 10.1 Å². The van der Waals surface area contributed by atoms with Gasteiger partial charge in [-0.2, -0.15) is 9.61 Å². The summed E-state index contributed by atoms with van der Waals surface area (Å²) >= 11 is 0. The van der Waals surface area contributed by atoms with Crippen LogP contribution in [-0.2, 0) is 0 Å². The number of rotatable bonds is 1. The van der Waals surface area contributed by atoms with Crippen LogP contribution in [0.1, 0.15) is 12.8 Å². The second-order valence-corrected chi connectivity index (χ2v) is 4.22. The van der Waals surface area contributed by atoms with Crippen LogP contribution in [0.25, 0.3) is 5.65 Å². The number of aromatic nitrogens is 3. The molecule has 0 aromatic carbocycles. The Kier molecular flexibility index (Phi) is 2.42. The lowest BCUT2D eigenvalue weighted by atomic mass is 10.1. The van der Waals surface area contributed by atoms with Crippen LogP contribution in [0.2, 0.25) is 0 Å². The molecule has 0 N–H and O–H groups in total. The number of anilines is 1. The molecule has 1 aliphatic heterocycles. The fraction of sp³-hybridized carbons (Fsp3) is 0.455. The van der Waals surface area contributed by atoms with Gasteiger partial charge in [0.15, 0.2) is 11.5 Å². The molecule has 2 aromatic heterocycles. The van der Waals surface area contributed by atoms with Gasteiger partial charge < -0.3 is 4.90 Å². The number of hydrogen-bond acceptors (Lipinski definition) is 3. The van der Waals surface area contributed by atoms with E-state index in [1.165, 1.54) is 10.7 Å². The van der Waals surface area contributed by atoms with Crippen LogP contribution in [0.3, 0.4) is 0 Å². The van der Waals surface area contributed by atoms with Crippen LogP contribution in [0.4, 0.5) is 14.6 Å². The Bertz CT molecular complexity index is 539. The Morgan fingerprint density at radius 1 is 1.41 bits per heavy atom. The zero-order valence-corrected chi connectivity index (χ0v) is 9.18. The second-order valence-electron chi connectivity index (χ2n) is 4.22. The molecule has 3 rings (SSSR count). The smallest absolute Gasteiger partial charge is 0.193 e. The maximum Gasteiger partial charge on any atom is 0.193 e. The van der Waals surface area contributed by atoms with Crippen molar-refractivity contribution in [2.75, 3.05) is 18.0 Å². The van der Waals surface area contributed by atoms with E-state index in [0.29, 0.717) is 18.8 Å². The summed E-state index contributed by atoms with van der Waals surface area (Å²) in [5.41, 5.74) is 0.184. The van der Waals surface area contributed by atoms with E-state index < -0.39 is 12.0 Å². The molecule has 2 aromatic rings. The molecule has 0 aliphatic carbocycles. The fourth-order valence-electron chi connectivity index (χ4n) is 2.22. The summed E-state index contributed by atoms with van der Waals surface area (Å²) in [5.74, 6) is 0.238. The van der Waals surface area contributed by atoms with Gasteiger partial charge in [-0.25, -0.2) is 13.8 Å². The first-order chi connectivity index (χ1) is 8.25. The highest BCUT2D eigenvalue weighted by Gasteiger charge is 2.21. The number of fused-ring (bicyclic) bond motifs is 1. The lowest BCUT2D eigenvalue weighted by molar-refractivity contribution is 0.285. The first-order valence-corrected chi connectivity index (χ1v) is 5.63. The SMILES string of the molecule is Fc1cnn2c(N3CCCC(F)C3)ccnc12. The molecule has 4 nitrogen and oxygen atoms in total. The molecule has 3 heterocycles. The highest BCUT2D eigenvalue weighted by atomic mass is 19.1. The third-order valence-electron chi connectivity index (χ3n) is 3.03. The molecular weight excluding hydrogens is 226 g/mol. The maximum atomic E-state index is 13.4. The zero-order chi connectivity index (χ0) is 11.8. The van der Waals surface area contributed by atoms with Crippen LogP contribution >= 0.6 is 0 Å². The number of nitrogens with zero attached hydrogens (tertiary/aromatic N) is 4. The van der Waals surface area contributed by atoms with Crippen molar-refractivity contribution in [1.82, 2.24) is 14.6 Å². The van der Waals surface area contributed by atoms with Crippen LogP contribution < -0.4 is 4.90 Å². The minimum atomic E-state index is -0.827. The zero-order valence-electron chi connectivity index (χ0n) is 9.18. The van der Waals surface area contributed by atoms with Crippen LogP contribution in [-0.4, -0.2) is 33.9 Å². The molecule has 1 unspecified atom stereocenters. The average molecular weight is 238 g/mol. The topological polar surface area (TPSA) is 33.4 Å². The molecule has 0 saturated carbocycles. The molecule has 0 radical (unpaired) electrons. The van der Waals surface area contributed by atoms with Gasteiger partial charge in [-0.15, -0.1) is 0 Å². The molecular formula is C11H12F2N4. The normalized spacial score (nSPS) is 21.1. The maximum absolute atomic E-state index is 13.4. The Morgan fingerprint density at radius 3 is 3.12 bits per heavy atom. The van der Waals surface area contributed by atoms with Crippen molar-refractivity contribution >= 4 is 11.5 Å². The van der Waals surface area contributed by atoms with Crippen molar-refractivity contribution in [2.45, 2.75) is 19.0 Å². The predicted molar refractivity (Wildman–Crippen MR) is 59.3 cm³/mol. The predicted octanol–water partition coefficient (Wildman–Crippen LogP) is 1.81. The Hall–Kier alpha value is -1.72. The van der Waals surface area contributed by atoms with Gasteiger partial charge in [-0.1, -0.05) is 0 Å². The van der Waals surface area contributed by atoms with Gasteiger partial charge in [-0.3, -0.25) is 0 Å². The van der Waals surface area contributed by atoms with E-state index in [-0.39, 0.29) is 5.65 Å². The first-order valence-electron chi connectivity index (χ1n) is 5.63. The molecule has 0 spiro atoms. The van der Waals surface area contributed by atoms with Gasteiger partial charge in [0.1, 0.15) is 12.0 Å². The minimum absolute atomic E-state index is 0.184. The largest absolute Gasteiger partial charge is 0.354 e. The van der Waals surface area contributed by atoms with Crippen molar-refractivity contribution in [2.24, 2.45) is 0 Å². The molecule has 1 saturated heterocycles. The number of alkyl halides is 1. The molecule has 0 bridgehead atoms. The van der Waals surface area contributed by atoms with Gasteiger partial charge in [0.25, 0.3) is 0 Å². The van der Waals surface area contributed by atoms with Gasteiger partial charge in [0.2, 0.25) is 0 Å². The summed E-state index contributed by atoms with van der Waals surface area (Å²) in [6.45, 7) is 1.10. The van der Waals surface area contributed by atoms with E-state index in [9.17, 15) is 8.78 Å². The number of hydrogen-bond donors (Lipinski definition) is 0. The molecule has 1 atom stereocenters. The summed E-state index contributed by atoms with van der Waals surface area (Å²) < 4.78 is 28.1. The van der Waals surface area contributed by atoms with E-state index in [1.54, 1.807) is 6.07 Å². The summed E-state index contributed by atoms with van der Waals surface area (Å²) in [4.78, 5) is 5.80. The third kappa shape index (κ3) is 1.73. The first kappa shape index (κ1) is 10.4. The standard InChI is InChI=1S/C11H12F2N4/c12-8-2-1-5-16(7-8)10-3-4-14-11-9(13)6-15-17(10)11/h3-4,6,8H,1-2,5,7H2. The van der Waals surface area contributed by atoms with Crippen molar-refractivity contribution in [3.63, 3.8) is 0 Å². The van der Waals surface area contributed by atoms with E-state index in [4.69, 9.17) is 0 Å². The molecule has 1 fully saturated rings. The van der Waals surface area contributed by atoms with Crippen molar-refractivity contribution in [3.05, 3.63) is 24.3 Å². The molecule has 0 amide bonds. The Labute approximate surface area is 96.9 Å². The Morgan fingerprint density at radius 2 is 2.29 bits per heavy atom. The van der Waals surface area contributed by atoms with E-state index >= 15 is 0 Å². The summed E-state index contributed by atoms with van der Waals surface area (Å²) in [6, 6.07) is 1.73. The summed E-state index contributed by atoms with van der Waals surface area (Å²) in [7, 11) is 0. The lowest BCUT2D eigenvalue weighted by Gasteiger charge is -2.30. The minimum Gasteiger partial charge on any atom is -0.354 e. The highest BCUT2D eigenvalue weighted by Crippen LogP contribution is 2.22. The quantitative estimate of drug-likeness (QED) is 0.759. The second kappa shape index (κ2) is 3.94. The highest BCUT2D eigenvalue weighted by molar-refractivity contribution is 5.49. The third-order valence-corrected chi connectivity index (χ3v) is 3.03. The Balaban J connectivity index is 2.04.